The summed E-state index contributed by atoms with van der Waals surface area (Å²) in [6.45, 7) is 2.20. The quantitative estimate of drug-likeness (QED) is 0.829. The highest BCUT2D eigenvalue weighted by Gasteiger charge is 2.15. The Hall–Kier alpha value is -1.97. The Balaban J connectivity index is 2.39. The minimum absolute atomic E-state index is 0.000644. The highest BCUT2D eigenvalue weighted by molar-refractivity contribution is 5.88. The molecule has 4 nitrogen and oxygen atoms in total. The Morgan fingerprint density at radius 1 is 1.24 bits per heavy atom. The highest BCUT2D eigenvalue weighted by atomic mass is 16.5. The maximum Gasteiger partial charge on any atom is 0.297 e. The summed E-state index contributed by atoms with van der Waals surface area (Å²) < 4.78 is 6.53. The smallest absolute Gasteiger partial charge is 0.297 e. The lowest BCUT2D eigenvalue weighted by Gasteiger charge is -2.12. The number of nitrogens with zero attached hydrogens (tertiary/aromatic N) is 1. The lowest BCUT2D eigenvalue weighted by Crippen LogP contribution is -2.19. The molecular weight excluding hydrogens is 266 g/mol. The number of pyridine rings is 1. The number of ether oxygens (including phenoxy) is 1. The van der Waals surface area contributed by atoms with Crippen LogP contribution in [0.1, 0.15) is 38.2 Å². The number of aromatic nitrogens is 1. The minimum Gasteiger partial charge on any atom is -0.504 e. The molecule has 0 amide bonds. The molecular formula is C17H23NO3. The molecule has 1 aromatic heterocycles. The highest BCUT2D eigenvalue weighted by Crippen LogP contribution is 2.31. The molecule has 0 aliphatic rings. The van der Waals surface area contributed by atoms with Gasteiger partial charge in [0.15, 0.2) is 5.75 Å². The first kappa shape index (κ1) is 15.4. The number of aryl methyl sites for hydroxylation is 2. The van der Waals surface area contributed by atoms with Crippen molar-refractivity contribution in [3.05, 3.63) is 34.1 Å². The second kappa shape index (κ2) is 6.66. The molecule has 0 saturated carbocycles. The molecule has 2 aromatic rings. The molecule has 0 aliphatic heterocycles. The van der Waals surface area contributed by atoms with Crippen molar-refractivity contribution < 1.29 is 9.84 Å². The fourth-order valence-electron chi connectivity index (χ4n) is 2.64. The van der Waals surface area contributed by atoms with Gasteiger partial charge in [0.25, 0.3) is 5.56 Å². The van der Waals surface area contributed by atoms with E-state index in [1.807, 2.05) is 18.2 Å². The van der Waals surface area contributed by atoms with Gasteiger partial charge in [-0.05, 0) is 30.5 Å². The molecule has 114 valence electrons. The van der Waals surface area contributed by atoms with Gasteiger partial charge in [-0.3, -0.25) is 4.79 Å². The van der Waals surface area contributed by atoms with Crippen LogP contribution in [-0.4, -0.2) is 16.8 Å². The summed E-state index contributed by atoms with van der Waals surface area (Å²) in [6, 6.07) is 5.86. The Labute approximate surface area is 125 Å². The van der Waals surface area contributed by atoms with Crippen molar-refractivity contribution >= 4 is 10.9 Å². The number of hydrogen-bond acceptors (Lipinski definition) is 3. The average molecular weight is 289 g/mol. The number of aromatic hydroxyl groups is 1. The Bertz CT molecular complexity index is 688. The van der Waals surface area contributed by atoms with E-state index in [2.05, 4.69) is 6.92 Å². The topological polar surface area (TPSA) is 51.5 Å². The monoisotopic (exact) mass is 289 g/mol. The molecule has 1 aromatic carbocycles. The molecule has 2 rings (SSSR count). The zero-order chi connectivity index (χ0) is 15.4. The number of unbranched alkanes of at least 4 members (excludes halogenated alkanes) is 3. The van der Waals surface area contributed by atoms with Gasteiger partial charge in [-0.25, -0.2) is 0 Å². The van der Waals surface area contributed by atoms with Crippen LogP contribution in [0.5, 0.6) is 11.5 Å². The van der Waals surface area contributed by atoms with E-state index in [1.54, 1.807) is 7.05 Å². The predicted molar refractivity (Wildman–Crippen MR) is 85.3 cm³/mol. The molecule has 0 atom stereocenters. The average Bonchev–Trinajstić information content (AvgIpc) is 2.50. The maximum atomic E-state index is 12.1. The summed E-state index contributed by atoms with van der Waals surface area (Å²) in [6.07, 6.45) is 5.84. The van der Waals surface area contributed by atoms with Gasteiger partial charge in [0, 0.05) is 12.4 Å². The first-order valence-electron chi connectivity index (χ1n) is 7.48. The molecule has 21 heavy (non-hydrogen) atoms. The lowest BCUT2D eigenvalue weighted by molar-refractivity contribution is 0.368. The van der Waals surface area contributed by atoms with E-state index < -0.39 is 0 Å². The van der Waals surface area contributed by atoms with Crippen LogP contribution in [0, 0.1) is 0 Å². The van der Waals surface area contributed by atoms with Crippen molar-refractivity contribution in [1.29, 1.82) is 0 Å². The SMILES string of the molecule is CCCCCCc1ccc2c(O)c(OC)c(=O)n(C)c2c1. The number of rotatable bonds is 6. The fourth-order valence-corrected chi connectivity index (χ4v) is 2.64. The predicted octanol–water partition coefficient (Wildman–Crippen LogP) is 3.38. The van der Waals surface area contributed by atoms with Gasteiger partial charge >= 0.3 is 0 Å². The van der Waals surface area contributed by atoms with Gasteiger partial charge in [0.1, 0.15) is 0 Å². The fraction of sp³-hybridized carbons (Fsp3) is 0.471. The van der Waals surface area contributed by atoms with Crippen molar-refractivity contribution in [3.63, 3.8) is 0 Å². The summed E-state index contributed by atoms with van der Waals surface area (Å²) in [5.74, 6) is -0.0752. The Morgan fingerprint density at radius 2 is 2.00 bits per heavy atom. The van der Waals surface area contributed by atoms with E-state index >= 15 is 0 Å². The standard InChI is InChI=1S/C17H23NO3/c1-4-5-6-7-8-12-9-10-13-14(11-12)18(2)17(20)16(21-3)15(13)19/h9-11,19H,4-8H2,1-3H3. The summed E-state index contributed by atoms with van der Waals surface area (Å²) in [7, 11) is 3.10. The molecule has 4 heteroatoms. The molecule has 0 aliphatic carbocycles. The van der Waals surface area contributed by atoms with Gasteiger partial charge in [0.2, 0.25) is 5.75 Å². The van der Waals surface area contributed by atoms with Gasteiger partial charge < -0.3 is 14.4 Å². The van der Waals surface area contributed by atoms with E-state index in [4.69, 9.17) is 4.74 Å². The van der Waals surface area contributed by atoms with E-state index in [0.29, 0.717) is 5.39 Å². The molecule has 0 radical (unpaired) electrons. The molecule has 0 bridgehead atoms. The van der Waals surface area contributed by atoms with Crippen molar-refractivity contribution in [3.8, 4) is 11.5 Å². The van der Waals surface area contributed by atoms with Gasteiger partial charge in [0.05, 0.1) is 12.6 Å². The molecule has 1 N–H and O–H groups in total. The second-order valence-corrected chi connectivity index (χ2v) is 5.41. The van der Waals surface area contributed by atoms with Crippen LogP contribution in [0.15, 0.2) is 23.0 Å². The van der Waals surface area contributed by atoms with E-state index in [9.17, 15) is 9.90 Å². The van der Waals surface area contributed by atoms with Crippen molar-refractivity contribution in [2.24, 2.45) is 7.05 Å². The third-order valence-electron chi connectivity index (χ3n) is 3.92. The van der Waals surface area contributed by atoms with Crippen LogP contribution in [0.4, 0.5) is 0 Å². The van der Waals surface area contributed by atoms with Crippen LogP contribution < -0.4 is 10.3 Å². The van der Waals surface area contributed by atoms with Crippen LogP contribution >= 0.6 is 0 Å². The van der Waals surface area contributed by atoms with Crippen LogP contribution in [-0.2, 0) is 13.5 Å². The molecule has 1 heterocycles. The van der Waals surface area contributed by atoms with Gasteiger partial charge in [-0.2, -0.15) is 0 Å². The second-order valence-electron chi connectivity index (χ2n) is 5.41. The van der Waals surface area contributed by atoms with E-state index in [0.717, 1.165) is 18.4 Å². The van der Waals surface area contributed by atoms with E-state index in [-0.39, 0.29) is 17.1 Å². The lowest BCUT2D eigenvalue weighted by atomic mass is 10.0. The summed E-state index contributed by atoms with van der Waals surface area (Å²) in [5.41, 5.74) is 1.62. The van der Waals surface area contributed by atoms with Gasteiger partial charge in [-0.15, -0.1) is 0 Å². The van der Waals surface area contributed by atoms with Crippen LogP contribution in [0.2, 0.25) is 0 Å². The summed E-state index contributed by atoms with van der Waals surface area (Å²) in [5, 5.41) is 10.8. The number of fused-ring (bicyclic) bond motifs is 1. The molecule has 0 fully saturated rings. The maximum absolute atomic E-state index is 12.1. The molecule has 0 unspecified atom stereocenters. The van der Waals surface area contributed by atoms with Crippen molar-refractivity contribution in [1.82, 2.24) is 4.57 Å². The van der Waals surface area contributed by atoms with Crippen LogP contribution in [0.3, 0.4) is 0 Å². The third-order valence-corrected chi connectivity index (χ3v) is 3.92. The van der Waals surface area contributed by atoms with E-state index in [1.165, 1.54) is 36.5 Å². The number of methoxy groups -OCH3 is 1. The summed E-state index contributed by atoms with van der Waals surface area (Å²) >= 11 is 0. The Morgan fingerprint density at radius 3 is 2.67 bits per heavy atom. The van der Waals surface area contributed by atoms with Crippen molar-refractivity contribution in [2.75, 3.05) is 7.11 Å². The number of hydrogen-bond donors (Lipinski definition) is 1. The molecule has 0 spiro atoms. The largest absolute Gasteiger partial charge is 0.504 e. The normalized spacial score (nSPS) is 11.0. The third kappa shape index (κ3) is 3.04. The zero-order valence-electron chi connectivity index (χ0n) is 13.0. The van der Waals surface area contributed by atoms with Crippen LogP contribution in [0.25, 0.3) is 10.9 Å². The zero-order valence-corrected chi connectivity index (χ0v) is 13.0. The first-order chi connectivity index (χ1) is 10.1. The minimum atomic E-state index is -0.314. The van der Waals surface area contributed by atoms with Crippen molar-refractivity contribution in [2.45, 2.75) is 39.0 Å². The van der Waals surface area contributed by atoms with Gasteiger partial charge in [-0.1, -0.05) is 32.3 Å². The Kier molecular flexibility index (Phi) is 4.89. The molecule has 0 saturated heterocycles. The summed E-state index contributed by atoms with van der Waals surface area (Å²) in [4.78, 5) is 12.1. The number of benzene rings is 1. The first-order valence-corrected chi connectivity index (χ1v) is 7.48.